The van der Waals surface area contributed by atoms with E-state index in [4.69, 9.17) is 4.74 Å². The number of nitrogens with zero attached hydrogens (tertiary/aromatic N) is 2. The van der Waals surface area contributed by atoms with E-state index in [9.17, 15) is 14.4 Å². The molecule has 0 unspecified atom stereocenters. The normalized spacial score (nSPS) is 14.9. The van der Waals surface area contributed by atoms with Crippen LogP contribution < -0.4 is 15.2 Å². The number of carbonyl (C=O) groups excluding carboxylic acids is 2. The van der Waals surface area contributed by atoms with Crippen LogP contribution in [0.1, 0.15) is 12.0 Å². The molecule has 0 spiro atoms. The second-order valence-corrected chi connectivity index (χ2v) is 5.42. The predicted octanol–water partition coefficient (Wildman–Crippen LogP) is 1.74. The van der Waals surface area contributed by atoms with Crippen LogP contribution >= 0.6 is 0 Å². The highest BCUT2D eigenvalue weighted by atomic mass is 16.5. The lowest BCUT2D eigenvalue weighted by molar-refractivity contribution is -0.129. The summed E-state index contributed by atoms with van der Waals surface area (Å²) in [6.45, 7) is 0.446. The zero-order valence-electron chi connectivity index (χ0n) is 13.2. The molecule has 0 saturated carbocycles. The summed E-state index contributed by atoms with van der Waals surface area (Å²) >= 11 is 0. The zero-order valence-corrected chi connectivity index (χ0v) is 13.2. The van der Waals surface area contributed by atoms with Gasteiger partial charge in [-0.05, 0) is 23.8 Å². The quantitative estimate of drug-likeness (QED) is 0.927. The predicted molar refractivity (Wildman–Crippen MR) is 88.0 cm³/mol. The summed E-state index contributed by atoms with van der Waals surface area (Å²) in [6.07, 6.45) is 1.70. The number of amides is 3. The standard InChI is InChI=1S/C17H17N3O4/c1-24-14-4-2-12(3-5-14)11-20-16(22)7-9-19(17(20)23)13-6-8-18-15(21)10-13/h2-6,8,10H,7,9,11H2,1H3,(H,18,21). The van der Waals surface area contributed by atoms with Crippen LogP contribution in [0.4, 0.5) is 10.5 Å². The first-order chi connectivity index (χ1) is 11.6. The zero-order chi connectivity index (χ0) is 17.1. The number of nitrogens with one attached hydrogen (secondary N) is 1. The summed E-state index contributed by atoms with van der Waals surface area (Å²) in [6, 6.07) is 9.75. The molecule has 3 amide bonds. The van der Waals surface area contributed by atoms with Crippen LogP contribution in [0.2, 0.25) is 0 Å². The molecule has 1 N–H and O–H groups in total. The Hall–Kier alpha value is -3.09. The maximum absolute atomic E-state index is 12.7. The number of carbonyl (C=O) groups is 2. The minimum absolute atomic E-state index is 0.182. The Morgan fingerprint density at radius 3 is 2.54 bits per heavy atom. The lowest BCUT2D eigenvalue weighted by Gasteiger charge is -2.34. The molecule has 1 aliphatic heterocycles. The van der Waals surface area contributed by atoms with Crippen molar-refractivity contribution >= 4 is 17.6 Å². The van der Waals surface area contributed by atoms with Gasteiger partial charge >= 0.3 is 6.03 Å². The number of urea groups is 1. The first kappa shape index (κ1) is 15.8. The van der Waals surface area contributed by atoms with Crippen LogP contribution in [0.15, 0.2) is 47.4 Å². The van der Waals surface area contributed by atoms with Crippen molar-refractivity contribution < 1.29 is 14.3 Å². The number of hydrogen-bond acceptors (Lipinski definition) is 4. The van der Waals surface area contributed by atoms with E-state index in [2.05, 4.69) is 4.98 Å². The molecule has 7 nitrogen and oxygen atoms in total. The molecule has 124 valence electrons. The molecule has 0 radical (unpaired) electrons. The van der Waals surface area contributed by atoms with Gasteiger partial charge in [0.25, 0.3) is 0 Å². The largest absolute Gasteiger partial charge is 0.497 e. The number of anilines is 1. The molecule has 2 heterocycles. The molecule has 7 heteroatoms. The number of H-pyrrole nitrogens is 1. The van der Waals surface area contributed by atoms with Crippen LogP contribution in [0.25, 0.3) is 0 Å². The van der Waals surface area contributed by atoms with Crippen LogP contribution in [-0.2, 0) is 11.3 Å². The van der Waals surface area contributed by atoms with Crippen LogP contribution in [0.5, 0.6) is 5.75 Å². The average Bonchev–Trinajstić information content (AvgIpc) is 2.59. The van der Waals surface area contributed by atoms with E-state index in [0.29, 0.717) is 11.4 Å². The third-order valence-corrected chi connectivity index (χ3v) is 3.88. The third kappa shape index (κ3) is 3.15. The maximum Gasteiger partial charge on any atom is 0.331 e. The molecule has 24 heavy (non-hydrogen) atoms. The molecule has 2 aromatic rings. The summed E-state index contributed by atoms with van der Waals surface area (Å²) in [5, 5.41) is 0. The number of hydrogen-bond donors (Lipinski definition) is 1. The number of ether oxygens (including phenoxy) is 1. The molecule has 0 atom stereocenters. The van der Waals surface area contributed by atoms with Crippen molar-refractivity contribution in [2.24, 2.45) is 0 Å². The summed E-state index contributed by atoms with van der Waals surface area (Å²) < 4.78 is 5.10. The Balaban J connectivity index is 1.82. The number of aromatic amines is 1. The molecule has 1 aliphatic rings. The first-order valence-corrected chi connectivity index (χ1v) is 7.52. The highest BCUT2D eigenvalue weighted by Crippen LogP contribution is 2.21. The number of pyridine rings is 1. The van der Waals surface area contributed by atoms with Gasteiger partial charge in [-0.1, -0.05) is 12.1 Å². The summed E-state index contributed by atoms with van der Waals surface area (Å²) in [4.78, 5) is 41.4. The topological polar surface area (TPSA) is 82.7 Å². The van der Waals surface area contributed by atoms with Crippen molar-refractivity contribution in [3.63, 3.8) is 0 Å². The molecule has 1 aromatic heterocycles. The van der Waals surface area contributed by atoms with E-state index in [0.717, 1.165) is 5.56 Å². The summed E-state index contributed by atoms with van der Waals surface area (Å²) in [5.74, 6) is 0.483. The van der Waals surface area contributed by atoms with E-state index in [1.54, 1.807) is 25.3 Å². The molecule has 0 aliphatic carbocycles. The van der Waals surface area contributed by atoms with E-state index < -0.39 is 6.03 Å². The van der Waals surface area contributed by atoms with E-state index in [1.165, 1.54) is 22.1 Å². The third-order valence-electron chi connectivity index (χ3n) is 3.88. The van der Waals surface area contributed by atoms with E-state index in [-0.39, 0.29) is 31.0 Å². The number of aromatic nitrogens is 1. The number of benzene rings is 1. The van der Waals surface area contributed by atoms with Crippen molar-refractivity contribution in [2.75, 3.05) is 18.6 Å². The number of imide groups is 1. The molecule has 1 fully saturated rings. The first-order valence-electron chi connectivity index (χ1n) is 7.52. The second-order valence-electron chi connectivity index (χ2n) is 5.42. The summed E-state index contributed by atoms with van der Waals surface area (Å²) in [5.41, 5.74) is 1.01. The van der Waals surface area contributed by atoms with Crippen molar-refractivity contribution in [3.05, 3.63) is 58.5 Å². The van der Waals surface area contributed by atoms with Crippen molar-refractivity contribution in [3.8, 4) is 5.75 Å². The number of methoxy groups -OCH3 is 1. The minimum Gasteiger partial charge on any atom is -0.497 e. The fourth-order valence-electron chi connectivity index (χ4n) is 2.60. The fraction of sp³-hybridized carbons (Fsp3) is 0.235. The average molecular weight is 327 g/mol. The van der Waals surface area contributed by atoms with Gasteiger partial charge in [0, 0.05) is 25.2 Å². The van der Waals surface area contributed by atoms with Gasteiger partial charge in [0.2, 0.25) is 11.5 Å². The lowest BCUT2D eigenvalue weighted by Crippen LogP contribution is -2.52. The van der Waals surface area contributed by atoms with Gasteiger partial charge in [-0.3, -0.25) is 19.4 Å². The molecular weight excluding hydrogens is 310 g/mol. The molecule has 1 aromatic carbocycles. The van der Waals surface area contributed by atoms with Gasteiger partial charge < -0.3 is 9.72 Å². The molecular formula is C17H17N3O4. The van der Waals surface area contributed by atoms with Crippen LogP contribution in [0, 0.1) is 0 Å². The molecule has 3 rings (SSSR count). The fourth-order valence-corrected chi connectivity index (χ4v) is 2.60. The second kappa shape index (κ2) is 6.57. The van der Waals surface area contributed by atoms with Crippen molar-refractivity contribution in [2.45, 2.75) is 13.0 Å². The summed E-state index contributed by atoms with van der Waals surface area (Å²) in [7, 11) is 1.58. The van der Waals surface area contributed by atoms with Gasteiger partial charge in [-0.15, -0.1) is 0 Å². The Labute approximate surface area is 138 Å². The SMILES string of the molecule is COc1ccc(CN2C(=O)CCN(c3cc[nH]c(=O)c3)C2=O)cc1. The smallest absolute Gasteiger partial charge is 0.331 e. The Kier molecular flexibility index (Phi) is 4.33. The van der Waals surface area contributed by atoms with Crippen molar-refractivity contribution in [1.29, 1.82) is 0 Å². The van der Waals surface area contributed by atoms with Gasteiger partial charge in [-0.25, -0.2) is 4.79 Å². The van der Waals surface area contributed by atoms with Crippen LogP contribution in [0.3, 0.4) is 0 Å². The maximum atomic E-state index is 12.7. The Bertz CT molecular complexity index is 813. The van der Waals surface area contributed by atoms with Gasteiger partial charge in [-0.2, -0.15) is 0 Å². The van der Waals surface area contributed by atoms with Crippen LogP contribution in [-0.4, -0.2) is 35.5 Å². The Morgan fingerprint density at radius 2 is 1.88 bits per heavy atom. The van der Waals surface area contributed by atoms with Gasteiger partial charge in [0.15, 0.2) is 0 Å². The van der Waals surface area contributed by atoms with E-state index in [1.807, 2.05) is 12.1 Å². The minimum atomic E-state index is -0.423. The Morgan fingerprint density at radius 1 is 1.12 bits per heavy atom. The monoisotopic (exact) mass is 327 g/mol. The molecule has 0 bridgehead atoms. The van der Waals surface area contributed by atoms with Gasteiger partial charge in [0.1, 0.15) is 5.75 Å². The van der Waals surface area contributed by atoms with Crippen molar-refractivity contribution in [1.82, 2.24) is 9.88 Å². The highest BCUT2D eigenvalue weighted by molar-refractivity contribution is 6.05. The van der Waals surface area contributed by atoms with E-state index >= 15 is 0 Å². The molecule has 1 saturated heterocycles. The lowest BCUT2D eigenvalue weighted by atomic mass is 10.1. The number of rotatable bonds is 4. The highest BCUT2D eigenvalue weighted by Gasteiger charge is 2.32. The van der Waals surface area contributed by atoms with Gasteiger partial charge in [0.05, 0.1) is 19.3 Å².